The van der Waals surface area contributed by atoms with Crippen molar-refractivity contribution in [2.24, 2.45) is 5.92 Å². The van der Waals surface area contributed by atoms with Crippen LogP contribution in [0.5, 0.6) is 5.88 Å². The number of nitrogens with zero attached hydrogens (tertiary/aromatic N) is 2. The van der Waals surface area contributed by atoms with E-state index in [4.69, 9.17) is 9.47 Å². The Bertz CT molecular complexity index is 461. The summed E-state index contributed by atoms with van der Waals surface area (Å²) in [5.41, 5.74) is 0.769. The fraction of sp³-hybridized carbons (Fsp3) is 0.643. The van der Waals surface area contributed by atoms with Gasteiger partial charge in [-0.3, -0.25) is 0 Å². The number of aryl methyl sites for hydroxylation is 1. The first-order valence-electron chi connectivity index (χ1n) is 6.70. The first kappa shape index (κ1) is 16.2. The average molecular weight is 281 g/mol. The lowest BCUT2D eigenvalue weighted by Crippen LogP contribution is -2.36. The number of carbonyl (C=O) groups excluding carboxylic acids is 1. The van der Waals surface area contributed by atoms with E-state index < -0.39 is 6.04 Å². The minimum absolute atomic E-state index is 0.0265. The van der Waals surface area contributed by atoms with Gasteiger partial charge in [-0.15, -0.1) is 0 Å². The monoisotopic (exact) mass is 281 g/mol. The second kappa shape index (κ2) is 7.07. The molecule has 6 heteroatoms. The van der Waals surface area contributed by atoms with Gasteiger partial charge in [-0.1, -0.05) is 13.8 Å². The van der Waals surface area contributed by atoms with Crippen LogP contribution >= 0.6 is 0 Å². The number of nitrogens with one attached hydrogen (secondary N) is 1. The normalized spacial score (nSPS) is 12.4. The summed E-state index contributed by atoms with van der Waals surface area (Å²) in [4.78, 5) is 20.3. The maximum absolute atomic E-state index is 11.7. The van der Waals surface area contributed by atoms with Crippen LogP contribution < -0.4 is 10.1 Å². The van der Waals surface area contributed by atoms with E-state index in [0.717, 1.165) is 5.69 Å². The summed E-state index contributed by atoms with van der Waals surface area (Å²) >= 11 is 0. The maximum Gasteiger partial charge on any atom is 0.328 e. The molecule has 0 aliphatic rings. The zero-order valence-electron chi connectivity index (χ0n) is 12.9. The van der Waals surface area contributed by atoms with Gasteiger partial charge in [-0.25, -0.2) is 9.78 Å². The molecule has 0 radical (unpaired) electrons. The predicted octanol–water partition coefficient (Wildman–Crippen LogP) is 2.18. The Morgan fingerprint density at radius 3 is 2.40 bits per heavy atom. The van der Waals surface area contributed by atoms with Gasteiger partial charge in [0, 0.05) is 11.8 Å². The molecule has 0 amide bonds. The van der Waals surface area contributed by atoms with Crippen LogP contribution in [0, 0.1) is 12.8 Å². The van der Waals surface area contributed by atoms with Crippen LogP contribution in [0.4, 0.5) is 5.95 Å². The van der Waals surface area contributed by atoms with Gasteiger partial charge >= 0.3 is 5.97 Å². The quantitative estimate of drug-likeness (QED) is 0.806. The van der Waals surface area contributed by atoms with Crippen molar-refractivity contribution in [1.82, 2.24) is 9.97 Å². The lowest BCUT2D eigenvalue weighted by Gasteiger charge is -2.20. The molecule has 0 fully saturated rings. The van der Waals surface area contributed by atoms with E-state index in [2.05, 4.69) is 15.3 Å². The number of methoxy groups -OCH3 is 1. The van der Waals surface area contributed by atoms with Crippen molar-refractivity contribution in [1.29, 1.82) is 0 Å². The van der Waals surface area contributed by atoms with Gasteiger partial charge in [0.15, 0.2) is 0 Å². The molecule has 1 rings (SSSR count). The highest BCUT2D eigenvalue weighted by Crippen LogP contribution is 2.16. The highest BCUT2D eigenvalue weighted by molar-refractivity contribution is 5.78. The zero-order valence-corrected chi connectivity index (χ0v) is 12.9. The van der Waals surface area contributed by atoms with Crippen LogP contribution in [0.1, 0.15) is 33.4 Å². The smallest absolute Gasteiger partial charge is 0.328 e. The number of hydrogen-bond acceptors (Lipinski definition) is 6. The third kappa shape index (κ3) is 4.68. The number of carbonyl (C=O) groups is 1. The van der Waals surface area contributed by atoms with Gasteiger partial charge in [0.2, 0.25) is 11.8 Å². The van der Waals surface area contributed by atoms with Crippen LogP contribution in [0.3, 0.4) is 0 Å². The van der Waals surface area contributed by atoms with Crippen LogP contribution in [0.25, 0.3) is 0 Å². The van der Waals surface area contributed by atoms with E-state index in [1.807, 2.05) is 34.6 Å². The van der Waals surface area contributed by atoms with E-state index in [0.29, 0.717) is 11.8 Å². The molecule has 1 heterocycles. The van der Waals surface area contributed by atoms with Crippen LogP contribution in [0.2, 0.25) is 0 Å². The lowest BCUT2D eigenvalue weighted by atomic mass is 10.1. The molecule has 0 aliphatic carbocycles. The summed E-state index contributed by atoms with van der Waals surface area (Å²) in [6.07, 6.45) is 0.0265. The fourth-order valence-corrected chi connectivity index (χ4v) is 1.67. The van der Waals surface area contributed by atoms with Crippen molar-refractivity contribution in [3.8, 4) is 5.88 Å². The molecule has 0 saturated carbocycles. The number of anilines is 1. The molecular weight excluding hydrogens is 258 g/mol. The molecule has 0 bridgehead atoms. The van der Waals surface area contributed by atoms with Crippen LogP contribution in [-0.2, 0) is 9.53 Å². The number of hydrogen-bond donors (Lipinski definition) is 1. The Morgan fingerprint density at radius 1 is 1.25 bits per heavy atom. The SMILES string of the molecule is COC(=O)C(Nc1nc(C)cc(OC(C)C)n1)C(C)C. The first-order chi connectivity index (χ1) is 9.33. The van der Waals surface area contributed by atoms with E-state index in [1.54, 1.807) is 6.07 Å². The van der Waals surface area contributed by atoms with Gasteiger partial charge < -0.3 is 14.8 Å². The Balaban J connectivity index is 2.95. The minimum Gasteiger partial charge on any atom is -0.475 e. The molecule has 1 atom stereocenters. The molecule has 20 heavy (non-hydrogen) atoms. The highest BCUT2D eigenvalue weighted by atomic mass is 16.5. The van der Waals surface area contributed by atoms with E-state index in [-0.39, 0.29) is 18.0 Å². The maximum atomic E-state index is 11.7. The fourth-order valence-electron chi connectivity index (χ4n) is 1.67. The van der Waals surface area contributed by atoms with Gasteiger partial charge in [0.05, 0.1) is 13.2 Å². The van der Waals surface area contributed by atoms with Crippen molar-refractivity contribution < 1.29 is 14.3 Å². The van der Waals surface area contributed by atoms with E-state index >= 15 is 0 Å². The Hall–Kier alpha value is -1.85. The standard InChI is InChI=1S/C14H23N3O3/c1-8(2)12(13(18)19-6)17-14-15-10(5)7-11(16-14)20-9(3)4/h7-9,12H,1-6H3,(H,15,16,17). The third-order valence-corrected chi connectivity index (χ3v) is 2.59. The van der Waals surface area contributed by atoms with E-state index in [9.17, 15) is 4.79 Å². The van der Waals surface area contributed by atoms with E-state index in [1.165, 1.54) is 7.11 Å². The van der Waals surface area contributed by atoms with Crippen molar-refractivity contribution in [2.75, 3.05) is 12.4 Å². The summed E-state index contributed by atoms with van der Waals surface area (Å²) in [5.74, 6) is 0.574. The summed E-state index contributed by atoms with van der Waals surface area (Å²) in [6.45, 7) is 9.56. The Morgan fingerprint density at radius 2 is 1.90 bits per heavy atom. The van der Waals surface area contributed by atoms with Crippen molar-refractivity contribution in [2.45, 2.75) is 46.8 Å². The Labute approximate surface area is 119 Å². The molecule has 0 saturated heterocycles. The Kier molecular flexibility index (Phi) is 5.73. The van der Waals surface area contributed by atoms with Crippen LogP contribution in [-0.4, -0.2) is 35.2 Å². The largest absolute Gasteiger partial charge is 0.475 e. The summed E-state index contributed by atoms with van der Waals surface area (Å²) < 4.78 is 10.3. The molecular formula is C14H23N3O3. The van der Waals surface area contributed by atoms with Gasteiger partial charge in [0.25, 0.3) is 0 Å². The number of aromatic nitrogens is 2. The second-order valence-electron chi connectivity index (χ2n) is 5.23. The summed E-state index contributed by atoms with van der Waals surface area (Å²) in [7, 11) is 1.36. The average Bonchev–Trinajstić information content (AvgIpc) is 2.33. The summed E-state index contributed by atoms with van der Waals surface area (Å²) in [6, 6.07) is 1.27. The molecule has 1 aromatic heterocycles. The molecule has 6 nitrogen and oxygen atoms in total. The molecule has 0 spiro atoms. The molecule has 0 aliphatic heterocycles. The lowest BCUT2D eigenvalue weighted by molar-refractivity contribution is -0.142. The number of ether oxygens (including phenoxy) is 2. The molecule has 1 aromatic rings. The zero-order chi connectivity index (χ0) is 15.3. The van der Waals surface area contributed by atoms with Gasteiger partial charge in [0.1, 0.15) is 6.04 Å². The van der Waals surface area contributed by atoms with Crippen molar-refractivity contribution in [3.05, 3.63) is 11.8 Å². The molecule has 112 valence electrons. The molecule has 1 N–H and O–H groups in total. The summed E-state index contributed by atoms with van der Waals surface area (Å²) in [5, 5.41) is 3.01. The third-order valence-electron chi connectivity index (χ3n) is 2.59. The first-order valence-corrected chi connectivity index (χ1v) is 6.70. The molecule has 1 unspecified atom stereocenters. The topological polar surface area (TPSA) is 73.3 Å². The molecule has 0 aromatic carbocycles. The predicted molar refractivity (Wildman–Crippen MR) is 76.8 cm³/mol. The number of esters is 1. The van der Waals surface area contributed by atoms with Crippen molar-refractivity contribution >= 4 is 11.9 Å². The second-order valence-corrected chi connectivity index (χ2v) is 5.23. The number of rotatable bonds is 6. The van der Waals surface area contributed by atoms with Gasteiger partial charge in [-0.05, 0) is 26.7 Å². The van der Waals surface area contributed by atoms with Crippen LogP contribution in [0.15, 0.2) is 6.07 Å². The highest BCUT2D eigenvalue weighted by Gasteiger charge is 2.24. The van der Waals surface area contributed by atoms with Gasteiger partial charge in [-0.2, -0.15) is 4.98 Å². The van der Waals surface area contributed by atoms with Crippen molar-refractivity contribution in [3.63, 3.8) is 0 Å². The minimum atomic E-state index is -0.492.